The van der Waals surface area contributed by atoms with Crippen LogP contribution < -0.4 is 11.4 Å². The van der Waals surface area contributed by atoms with Gasteiger partial charge in [-0.3, -0.25) is 20.2 Å². The molecule has 0 aliphatic carbocycles. The first kappa shape index (κ1) is 28.1. The predicted molar refractivity (Wildman–Crippen MR) is 112 cm³/mol. The summed E-state index contributed by atoms with van der Waals surface area (Å²) in [6, 6.07) is 3.50. The van der Waals surface area contributed by atoms with Crippen molar-refractivity contribution in [3.63, 3.8) is 0 Å². The third kappa shape index (κ3) is 6.28. The van der Waals surface area contributed by atoms with Crippen molar-refractivity contribution in [3.05, 3.63) is 88.7 Å². The molecule has 2 heterocycles. The van der Waals surface area contributed by atoms with E-state index in [1.165, 1.54) is 7.05 Å². The standard InChI is InChI=1S/C9H6F3N5O3.C8H4F3N5O3/c1-15-8(18)16(14-13-15)6-2-5(9(10,11)12)3-7(4-6)17(19)20;9-8(10,11)4-1-5(3-6(2-4)16(18)19)15-7(17)12-13-14-15/h2-4H,1H3;1-3H,(H,12,14,17). The van der Waals surface area contributed by atoms with Gasteiger partial charge in [0.15, 0.2) is 0 Å². The molecule has 4 rings (SSSR count). The fraction of sp³-hybridized carbons (Fsp3) is 0.176. The van der Waals surface area contributed by atoms with Crippen molar-refractivity contribution in [2.75, 3.05) is 0 Å². The number of hydrogen-bond donors (Lipinski definition) is 1. The van der Waals surface area contributed by atoms with Crippen molar-refractivity contribution in [2.45, 2.75) is 12.4 Å². The Hall–Kier alpha value is -5.44. The normalized spacial score (nSPS) is 11.6. The first-order valence-electron chi connectivity index (χ1n) is 9.72. The molecule has 0 saturated heterocycles. The number of aryl methyl sites for hydroxylation is 1. The molecule has 22 heteroatoms. The van der Waals surface area contributed by atoms with Gasteiger partial charge in [-0.25, -0.2) is 14.7 Å². The number of rotatable bonds is 4. The summed E-state index contributed by atoms with van der Waals surface area (Å²) < 4.78 is 77.7. The molecule has 0 aliphatic rings. The second-order valence-electron chi connectivity index (χ2n) is 7.20. The molecule has 0 bridgehead atoms. The Bertz CT molecular complexity index is 1670. The number of aromatic amines is 1. The fourth-order valence-corrected chi connectivity index (χ4v) is 2.82. The zero-order valence-corrected chi connectivity index (χ0v) is 18.7. The highest BCUT2D eigenvalue weighted by atomic mass is 19.4. The van der Waals surface area contributed by atoms with Gasteiger partial charge in [-0.15, -0.1) is 0 Å². The number of hydrogen-bond acceptors (Lipinski definition) is 10. The first-order valence-corrected chi connectivity index (χ1v) is 9.72. The van der Waals surface area contributed by atoms with E-state index in [0.717, 1.165) is 16.8 Å². The highest BCUT2D eigenvalue weighted by molar-refractivity contribution is 5.48. The largest absolute Gasteiger partial charge is 0.416 e. The number of nitro benzene ring substituents is 2. The second kappa shape index (κ2) is 10.1. The predicted octanol–water partition coefficient (Wildman–Crippen LogP) is 1.78. The molecule has 0 radical (unpaired) electrons. The molecule has 0 atom stereocenters. The number of benzene rings is 2. The summed E-state index contributed by atoms with van der Waals surface area (Å²) in [5.74, 6) is 0. The van der Waals surface area contributed by atoms with Crippen molar-refractivity contribution in [1.82, 2.24) is 40.0 Å². The van der Waals surface area contributed by atoms with E-state index in [4.69, 9.17) is 0 Å². The number of halogens is 6. The summed E-state index contributed by atoms with van der Waals surface area (Å²) in [6.07, 6.45) is -9.57. The average molecular weight is 564 g/mol. The summed E-state index contributed by atoms with van der Waals surface area (Å²) >= 11 is 0. The Labute approximate surface area is 208 Å². The van der Waals surface area contributed by atoms with Crippen LogP contribution >= 0.6 is 0 Å². The summed E-state index contributed by atoms with van der Waals surface area (Å²) in [4.78, 5) is 42.0. The fourth-order valence-electron chi connectivity index (χ4n) is 2.82. The van der Waals surface area contributed by atoms with Gasteiger partial charge in [0.2, 0.25) is 0 Å². The van der Waals surface area contributed by atoms with Gasteiger partial charge < -0.3 is 0 Å². The average Bonchev–Trinajstić information content (AvgIpc) is 3.42. The molecular weight excluding hydrogens is 554 g/mol. The molecule has 1 N–H and O–H groups in total. The zero-order chi connectivity index (χ0) is 29.3. The molecule has 2 aromatic heterocycles. The Morgan fingerprint density at radius 3 is 1.54 bits per heavy atom. The number of nitrogens with one attached hydrogen (secondary N) is 1. The third-order valence-corrected chi connectivity index (χ3v) is 4.56. The molecule has 0 unspecified atom stereocenters. The third-order valence-electron chi connectivity index (χ3n) is 4.56. The molecule has 206 valence electrons. The molecule has 39 heavy (non-hydrogen) atoms. The maximum absolute atomic E-state index is 12.7. The maximum atomic E-state index is 12.7. The molecule has 16 nitrogen and oxygen atoms in total. The lowest BCUT2D eigenvalue weighted by molar-refractivity contribution is -0.385. The van der Waals surface area contributed by atoms with Crippen LogP contribution in [0.1, 0.15) is 11.1 Å². The van der Waals surface area contributed by atoms with Crippen LogP contribution in [0, 0.1) is 20.2 Å². The topological polar surface area (TPSA) is 203 Å². The molecule has 4 aromatic rings. The van der Waals surface area contributed by atoms with Crippen LogP contribution in [0.5, 0.6) is 0 Å². The first-order chi connectivity index (χ1) is 18.0. The highest BCUT2D eigenvalue weighted by Crippen LogP contribution is 2.34. The number of nitro groups is 2. The van der Waals surface area contributed by atoms with Crippen LogP contribution in [0.3, 0.4) is 0 Å². The van der Waals surface area contributed by atoms with Crippen LogP contribution in [0.25, 0.3) is 11.4 Å². The monoisotopic (exact) mass is 564 g/mol. The van der Waals surface area contributed by atoms with Gasteiger partial charge in [-0.05, 0) is 33.0 Å². The smallest absolute Gasteiger partial charge is 0.258 e. The SMILES string of the molecule is Cn1nnn(-c2cc([N+](=O)[O-])cc(C(F)(F)F)c2)c1=O.O=c1[nH]nnn1-c1cc([N+](=O)[O-])cc(C(F)(F)F)c1. The summed E-state index contributed by atoms with van der Waals surface area (Å²) in [6.45, 7) is 0. The lowest BCUT2D eigenvalue weighted by atomic mass is 10.1. The molecule has 0 spiro atoms. The summed E-state index contributed by atoms with van der Waals surface area (Å²) in [7, 11) is 1.24. The molecule has 0 fully saturated rings. The van der Waals surface area contributed by atoms with Crippen molar-refractivity contribution in [1.29, 1.82) is 0 Å². The number of aromatic nitrogens is 8. The van der Waals surface area contributed by atoms with Crippen LogP contribution in [-0.4, -0.2) is 49.8 Å². The van der Waals surface area contributed by atoms with E-state index in [-0.39, 0.29) is 5.69 Å². The van der Waals surface area contributed by atoms with E-state index in [1.807, 2.05) is 5.10 Å². The Morgan fingerprint density at radius 1 is 0.744 bits per heavy atom. The van der Waals surface area contributed by atoms with E-state index < -0.39 is 61.8 Å². The lowest BCUT2D eigenvalue weighted by Crippen LogP contribution is -2.22. The number of alkyl halides is 6. The molecular formula is C17H10F6N10O6. The maximum Gasteiger partial charge on any atom is 0.416 e. The highest BCUT2D eigenvalue weighted by Gasteiger charge is 2.34. The summed E-state index contributed by atoms with van der Waals surface area (Å²) in [5, 5.41) is 36.1. The van der Waals surface area contributed by atoms with Crippen LogP contribution in [-0.2, 0) is 19.4 Å². The molecule has 0 aliphatic heterocycles. The minimum absolute atomic E-state index is 0.370. The summed E-state index contributed by atoms with van der Waals surface area (Å²) in [5.41, 5.74) is -6.63. The van der Waals surface area contributed by atoms with Crippen molar-refractivity contribution in [2.24, 2.45) is 7.05 Å². The molecule has 2 aromatic carbocycles. The van der Waals surface area contributed by atoms with Crippen LogP contribution in [0.15, 0.2) is 46.0 Å². The van der Waals surface area contributed by atoms with E-state index in [2.05, 4.69) is 20.9 Å². The number of H-pyrrole nitrogens is 1. The van der Waals surface area contributed by atoms with Gasteiger partial charge in [-0.1, -0.05) is 0 Å². The number of non-ortho nitro benzene ring substituents is 2. The number of tetrazole rings is 2. The van der Waals surface area contributed by atoms with E-state index in [0.29, 0.717) is 33.6 Å². The van der Waals surface area contributed by atoms with Gasteiger partial charge in [0, 0.05) is 31.3 Å². The Morgan fingerprint density at radius 2 is 1.21 bits per heavy atom. The van der Waals surface area contributed by atoms with E-state index in [9.17, 15) is 56.2 Å². The Kier molecular flexibility index (Phi) is 7.31. The van der Waals surface area contributed by atoms with Gasteiger partial charge in [0.1, 0.15) is 0 Å². The quantitative estimate of drug-likeness (QED) is 0.216. The van der Waals surface area contributed by atoms with Crippen LogP contribution in [0.4, 0.5) is 37.7 Å². The zero-order valence-electron chi connectivity index (χ0n) is 18.7. The minimum atomic E-state index is -4.79. The van der Waals surface area contributed by atoms with Gasteiger partial charge >= 0.3 is 23.7 Å². The lowest BCUT2D eigenvalue weighted by Gasteiger charge is -2.08. The molecule has 0 saturated carbocycles. The van der Waals surface area contributed by atoms with Crippen molar-refractivity contribution >= 4 is 11.4 Å². The molecule has 0 amide bonds. The van der Waals surface area contributed by atoms with E-state index in [1.54, 1.807) is 0 Å². The van der Waals surface area contributed by atoms with Crippen molar-refractivity contribution < 1.29 is 36.2 Å². The Balaban J connectivity index is 0.000000216. The van der Waals surface area contributed by atoms with Crippen LogP contribution in [0.2, 0.25) is 0 Å². The van der Waals surface area contributed by atoms with Gasteiger partial charge in [0.05, 0.1) is 32.3 Å². The van der Waals surface area contributed by atoms with Crippen molar-refractivity contribution in [3.8, 4) is 11.4 Å². The minimum Gasteiger partial charge on any atom is -0.258 e. The number of nitrogens with zero attached hydrogens (tertiary/aromatic N) is 9. The van der Waals surface area contributed by atoms with Gasteiger partial charge in [-0.2, -0.15) is 40.4 Å². The van der Waals surface area contributed by atoms with Gasteiger partial charge in [0.25, 0.3) is 11.4 Å². The second-order valence-corrected chi connectivity index (χ2v) is 7.20. The van der Waals surface area contributed by atoms with E-state index >= 15 is 0 Å².